The van der Waals surface area contributed by atoms with Gasteiger partial charge in [-0.2, -0.15) is 0 Å². The first-order chi connectivity index (χ1) is 9.32. The van der Waals surface area contributed by atoms with Crippen molar-refractivity contribution in [1.29, 1.82) is 0 Å². The molecular formula is C15H19BrClN3. The number of nitrogens with zero attached hydrogens (tertiary/aromatic N) is 2. The van der Waals surface area contributed by atoms with Crippen molar-refractivity contribution in [3.63, 3.8) is 0 Å². The van der Waals surface area contributed by atoms with Crippen LogP contribution < -0.4 is 5.73 Å². The van der Waals surface area contributed by atoms with Gasteiger partial charge >= 0.3 is 0 Å². The van der Waals surface area contributed by atoms with Gasteiger partial charge < -0.3 is 10.3 Å². The Kier molecular flexibility index (Phi) is 4.45. The molecule has 20 heavy (non-hydrogen) atoms. The second-order valence-electron chi connectivity index (χ2n) is 5.45. The molecule has 0 aliphatic rings. The lowest BCUT2D eigenvalue weighted by atomic mass is 10.1. The van der Waals surface area contributed by atoms with E-state index in [1.165, 1.54) is 0 Å². The second kappa shape index (κ2) is 5.78. The average molecular weight is 357 g/mol. The lowest BCUT2D eigenvalue weighted by Crippen LogP contribution is -2.10. The van der Waals surface area contributed by atoms with Gasteiger partial charge in [-0.1, -0.05) is 47.4 Å². The number of nitrogen functional groups attached to an aromatic ring is 1. The summed E-state index contributed by atoms with van der Waals surface area (Å²) in [6.07, 6.45) is 0. The first-order valence-electron chi connectivity index (χ1n) is 6.66. The van der Waals surface area contributed by atoms with E-state index >= 15 is 0 Å². The van der Waals surface area contributed by atoms with Gasteiger partial charge in [0, 0.05) is 27.0 Å². The van der Waals surface area contributed by atoms with Crippen molar-refractivity contribution in [3.8, 4) is 11.3 Å². The predicted octanol–water partition coefficient (Wildman–Crippen LogP) is 5.25. The van der Waals surface area contributed by atoms with Crippen molar-refractivity contribution in [2.75, 3.05) is 5.73 Å². The third kappa shape index (κ3) is 2.72. The highest BCUT2D eigenvalue weighted by Crippen LogP contribution is 2.36. The molecule has 1 heterocycles. The summed E-state index contributed by atoms with van der Waals surface area (Å²) in [7, 11) is 0. The molecular weight excluding hydrogens is 338 g/mol. The Morgan fingerprint density at radius 3 is 2.35 bits per heavy atom. The fourth-order valence-electron chi connectivity index (χ4n) is 2.29. The first-order valence-corrected chi connectivity index (χ1v) is 7.83. The number of halogens is 2. The Balaban J connectivity index is 2.66. The Bertz CT molecular complexity index is 632. The topological polar surface area (TPSA) is 43.8 Å². The number of imidazole rings is 1. The first kappa shape index (κ1) is 15.4. The number of rotatable bonds is 3. The molecule has 2 N–H and O–H groups in total. The SMILES string of the molecule is CC(C)c1nc(-c2ccc(Cl)cc2Br)c(N)n1C(C)C. The van der Waals surface area contributed by atoms with E-state index in [2.05, 4.69) is 48.2 Å². The summed E-state index contributed by atoms with van der Waals surface area (Å²) >= 11 is 9.53. The Hall–Kier alpha value is -1.00. The summed E-state index contributed by atoms with van der Waals surface area (Å²) < 4.78 is 3.00. The van der Waals surface area contributed by atoms with Crippen molar-refractivity contribution >= 4 is 33.3 Å². The zero-order valence-corrected chi connectivity index (χ0v) is 14.5. The molecule has 0 aliphatic heterocycles. The maximum atomic E-state index is 6.33. The summed E-state index contributed by atoms with van der Waals surface area (Å²) in [6.45, 7) is 8.48. The molecule has 0 radical (unpaired) electrons. The highest BCUT2D eigenvalue weighted by Gasteiger charge is 2.21. The van der Waals surface area contributed by atoms with Crippen molar-refractivity contribution in [2.45, 2.75) is 39.7 Å². The Morgan fingerprint density at radius 2 is 1.90 bits per heavy atom. The monoisotopic (exact) mass is 355 g/mol. The molecule has 0 aliphatic carbocycles. The summed E-state index contributed by atoms with van der Waals surface area (Å²) in [5.74, 6) is 2.03. The minimum Gasteiger partial charge on any atom is -0.383 e. The van der Waals surface area contributed by atoms with Gasteiger partial charge in [0.25, 0.3) is 0 Å². The maximum absolute atomic E-state index is 6.33. The highest BCUT2D eigenvalue weighted by atomic mass is 79.9. The molecule has 3 nitrogen and oxygen atoms in total. The maximum Gasteiger partial charge on any atom is 0.132 e. The lowest BCUT2D eigenvalue weighted by molar-refractivity contribution is 0.556. The largest absolute Gasteiger partial charge is 0.383 e. The molecule has 0 saturated carbocycles. The van der Waals surface area contributed by atoms with E-state index in [0.717, 1.165) is 21.6 Å². The van der Waals surface area contributed by atoms with E-state index in [-0.39, 0.29) is 6.04 Å². The van der Waals surface area contributed by atoms with E-state index < -0.39 is 0 Å². The predicted molar refractivity (Wildman–Crippen MR) is 89.3 cm³/mol. The molecule has 0 saturated heterocycles. The zero-order chi connectivity index (χ0) is 15.0. The van der Waals surface area contributed by atoms with Crippen LogP contribution in [0.15, 0.2) is 22.7 Å². The van der Waals surface area contributed by atoms with Crippen LogP contribution in [-0.4, -0.2) is 9.55 Å². The lowest BCUT2D eigenvalue weighted by Gasteiger charge is -2.15. The third-order valence-electron chi connectivity index (χ3n) is 3.19. The molecule has 0 fully saturated rings. The van der Waals surface area contributed by atoms with E-state index in [0.29, 0.717) is 16.8 Å². The van der Waals surface area contributed by atoms with Crippen molar-refractivity contribution < 1.29 is 0 Å². The van der Waals surface area contributed by atoms with Crippen LogP contribution in [0.25, 0.3) is 11.3 Å². The van der Waals surface area contributed by atoms with Crippen LogP contribution in [0.4, 0.5) is 5.82 Å². The van der Waals surface area contributed by atoms with E-state index in [4.69, 9.17) is 22.3 Å². The van der Waals surface area contributed by atoms with Crippen LogP contribution in [0.1, 0.15) is 45.5 Å². The molecule has 2 aromatic rings. The van der Waals surface area contributed by atoms with Crippen LogP contribution in [-0.2, 0) is 0 Å². The molecule has 0 unspecified atom stereocenters. The van der Waals surface area contributed by atoms with Crippen LogP contribution in [0.2, 0.25) is 5.02 Å². The highest BCUT2D eigenvalue weighted by molar-refractivity contribution is 9.10. The van der Waals surface area contributed by atoms with Crippen LogP contribution in [0, 0.1) is 0 Å². The number of anilines is 1. The fraction of sp³-hybridized carbons (Fsp3) is 0.400. The fourth-order valence-corrected chi connectivity index (χ4v) is 3.16. The van der Waals surface area contributed by atoms with E-state index in [9.17, 15) is 0 Å². The smallest absolute Gasteiger partial charge is 0.132 e. The van der Waals surface area contributed by atoms with Gasteiger partial charge in [0.05, 0.1) is 0 Å². The molecule has 2 rings (SSSR count). The summed E-state index contributed by atoms with van der Waals surface area (Å²) in [6, 6.07) is 5.93. The summed E-state index contributed by atoms with van der Waals surface area (Å²) in [5.41, 5.74) is 8.11. The number of hydrogen-bond acceptors (Lipinski definition) is 2. The van der Waals surface area contributed by atoms with Gasteiger partial charge in [0.15, 0.2) is 0 Å². The summed E-state index contributed by atoms with van der Waals surface area (Å²) in [4.78, 5) is 4.76. The summed E-state index contributed by atoms with van der Waals surface area (Å²) in [5, 5.41) is 0.687. The molecule has 0 bridgehead atoms. The van der Waals surface area contributed by atoms with Gasteiger partial charge in [-0.15, -0.1) is 0 Å². The molecule has 0 amide bonds. The second-order valence-corrected chi connectivity index (χ2v) is 6.74. The van der Waals surface area contributed by atoms with Crippen LogP contribution in [0.3, 0.4) is 0 Å². The van der Waals surface area contributed by atoms with Crippen molar-refractivity contribution in [3.05, 3.63) is 33.5 Å². The molecule has 1 aromatic heterocycles. The third-order valence-corrected chi connectivity index (χ3v) is 4.09. The van der Waals surface area contributed by atoms with Gasteiger partial charge in [-0.05, 0) is 26.0 Å². The molecule has 0 atom stereocenters. The minimum absolute atomic E-state index is 0.278. The number of aromatic nitrogens is 2. The Labute approximate surface area is 133 Å². The average Bonchev–Trinajstić information content (AvgIpc) is 2.67. The van der Waals surface area contributed by atoms with E-state index in [1.54, 1.807) is 0 Å². The zero-order valence-electron chi connectivity index (χ0n) is 12.1. The normalized spacial score (nSPS) is 11.6. The van der Waals surface area contributed by atoms with Crippen LogP contribution >= 0.6 is 27.5 Å². The standard InChI is InChI=1S/C15H19BrClN3/c1-8(2)15-19-13(14(18)20(15)9(3)4)11-6-5-10(17)7-12(11)16/h5-9H,18H2,1-4H3. The van der Waals surface area contributed by atoms with Gasteiger partial charge in [-0.3, -0.25) is 0 Å². The number of benzene rings is 1. The quantitative estimate of drug-likeness (QED) is 0.816. The number of hydrogen-bond donors (Lipinski definition) is 1. The van der Waals surface area contributed by atoms with Crippen LogP contribution in [0.5, 0.6) is 0 Å². The van der Waals surface area contributed by atoms with Crippen molar-refractivity contribution in [2.24, 2.45) is 0 Å². The number of nitrogens with two attached hydrogens (primary N) is 1. The van der Waals surface area contributed by atoms with Gasteiger partial charge in [-0.25, -0.2) is 4.98 Å². The molecule has 0 spiro atoms. The van der Waals surface area contributed by atoms with Gasteiger partial charge in [0.2, 0.25) is 0 Å². The molecule has 5 heteroatoms. The van der Waals surface area contributed by atoms with Gasteiger partial charge in [0.1, 0.15) is 17.3 Å². The van der Waals surface area contributed by atoms with E-state index in [1.807, 2.05) is 18.2 Å². The van der Waals surface area contributed by atoms with Crippen molar-refractivity contribution in [1.82, 2.24) is 9.55 Å². The minimum atomic E-state index is 0.278. The molecule has 108 valence electrons. The Morgan fingerprint density at radius 1 is 1.25 bits per heavy atom. The molecule has 1 aromatic carbocycles.